The minimum absolute atomic E-state index is 0.0433. The zero-order chi connectivity index (χ0) is 14.1. The molecule has 1 atom stereocenters. The number of methoxy groups -OCH3 is 1. The maximum Gasteiger partial charge on any atom is 0.239 e. The van der Waals surface area contributed by atoms with Gasteiger partial charge in [-0.05, 0) is 42.9 Å². The molecule has 0 aromatic heterocycles. The first-order chi connectivity index (χ1) is 9.67. The second kappa shape index (κ2) is 5.44. The highest BCUT2D eigenvalue weighted by Gasteiger charge is 2.36. The summed E-state index contributed by atoms with van der Waals surface area (Å²) in [6.45, 7) is 0.880. The number of ether oxygens (including phenoxy) is 1. The number of hydrogen-bond donors (Lipinski definition) is 1. The Hall–Kier alpha value is -1.55. The quantitative estimate of drug-likeness (QED) is 0.909. The number of likely N-dealkylation sites (tertiary alicyclic amines) is 1. The van der Waals surface area contributed by atoms with Crippen LogP contribution < -0.4 is 10.1 Å². The van der Waals surface area contributed by atoms with Gasteiger partial charge >= 0.3 is 0 Å². The van der Waals surface area contributed by atoms with Crippen LogP contribution in [0.1, 0.15) is 30.7 Å². The van der Waals surface area contributed by atoms with Crippen LogP contribution in [0.15, 0.2) is 24.3 Å². The number of hydrogen-bond acceptors (Lipinski definition) is 3. The van der Waals surface area contributed by atoms with E-state index in [2.05, 4.69) is 17.4 Å². The van der Waals surface area contributed by atoms with Gasteiger partial charge in [-0.1, -0.05) is 12.1 Å². The second-order valence-corrected chi connectivity index (χ2v) is 5.91. The predicted molar refractivity (Wildman–Crippen MR) is 77.9 cm³/mol. The Morgan fingerprint density at radius 3 is 2.50 bits per heavy atom. The molecular formula is C16H22N2O2. The van der Waals surface area contributed by atoms with Crippen molar-refractivity contribution in [2.24, 2.45) is 0 Å². The number of amides is 1. The van der Waals surface area contributed by atoms with Crippen LogP contribution in [0, 0.1) is 0 Å². The van der Waals surface area contributed by atoms with Gasteiger partial charge in [-0.25, -0.2) is 0 Å². The fourth-order valence-corrected chi connectivity index (χ4v) is 3.16. The molecule has 0 radical (unpaired) electrons. The summed E-state index contributed by atoms with van der Waals surface area (Å²) in [5, 5.41) is 3.50. The molecule has 1 unspecified atom stereocenters. The lowest BCUT2D eigenvalue weighted by atomic mass is 9.75. The molecule has 1 aromatic carbocycles. The minimum Gasteiger partial charge on any atom is -0.497 e. The summed E-state index contributed by atoms with van der Waals surface area (Å²) in [6.07, 6.45) is 3.19. The van der Waals surface area contributed by atoms with Crippen molar-refractivity contribution >= 4 is 5.91 Å². The molecular weight excluding hydrogens is 252 g/mol. The van der Waals surface area contributed by atoms with Gasteiger partial charge in [0.15, 0.2) is 0 Å². The number of rotatable bonds is 4. The van der Waals surface area contributed by atoms with Gasteiger partial charge < -0.3 is 15.0 Å². The molecule has 1 aliphatic carbocycles. The first kappa shape index (κ1) is 13.4. The third-order valence-corrected chi connectivity index (χ3v) is 4.59. The van der Waals surface area contributed by atoms with E-state index in [0.29, 0.717) is 12.0 Å². The Balaban J connectivity index is 1.50. The zero-order valence-corrected chi connectivity index (χ0v) is 12.1. The molecule has 1 aromatic rings. The van der Waals surface area contributed by atoms with Crippen molar-refractivity contribution in [3.8, 4) is 5.75 Å². The minimum atomic E-state index is 0.0433. The van der Waals surface area contributed by atoms with E-state index in [4.69, 9.17) is 4.74 Å². The molecule has 1 N–H and O–H groups in total. The van der Waals surface area contributed by atoms with Crippen molar-refractivity contribution in [2.45, 2.75) is 37.3 Å². The summed E-state index contributed by atoms with van der Waals surface area (Å²) < 4.78 is 5.18. The highest BCUT2D eigenvalue weighted by atomic mass is 16.5. The normalized spacial score (nSPS) is 29.4. The van der Waals surface area contributed by atoms with E-state index in [1.807, 2.05) is 24.1 Å². The van der Waals surface area contributed by atoms with Gasteiger partial charge in [0.25, 0.3) is 0 Å². The summed E-state index contributed by atoms with van der Waals surface area (Å²) in [5.74, 6) is 1.77. The lowest BCUT2D eigenvalue weighted by Crippen LogP contribution is -2.48. The van der Waals surface area contributed by atoms with Gasteiger partial charge in [-0.15, -0.1) is 0 Å². The van der Waals surface area contributed by atoms with Gasteiger partial charge in [0, 0.05) is 19.6 Å². The van der Waals surface area contributed by atoms with Gasteiger partial charge in [-0.3, -0.25) is 4.79 Å². The topological polar surface area (TPSA) is 41.6 Å². The highest BCUT2D eigenvalue weighted by molar-refractivity contribution is 5.83. The van der Waals surface area contributed by atoms with Crippen molar-refractivity contribution in [1.82, 2.24) is 10.2 Å². The smallest absolute Gasteiger partial charge is 0.239 e. The van der Waals surface area contributed by atoms with Crippen LogP contribution in [0.2, 0.25) is 0 Å². The molecule has 1 saturated heterocycles. The van der Waals surface area contributed by atoms with Crippen LogP contribution in [-0.2, 0) is 4.79 Å². The lowest BCUT2D eigenvalue weighted by molar-refractivity contribution is -0.128. The first-order valence-corrected chi connectivity index (χ1v) is 7.32. The van der Waals surface area contributed by atoms with Gasteiger partial charge in [-0.2, -0.15) is 0 Å². The number of carbonyl (C=O) groups is 1. The molecule has 2 aliphatic rings. The molecule has 1 saturated carbocycles. The molecule has 0 spiro atoms. The summed E-state index contributed by atoms with van der Waals surface area (Å²) in [5.41, 5.74) is 1.37. The molecule has 4 nitrogen and oxygen atoms in total. The number of nitrogens with one attached hydrogen (secondary N) is 1. The SMILES string of the molecule is COc1ccc(C2CC(NC3CCN(C)C3=O)C2)cc1. The lowest BCUT2D eigenvalue weighted by Gasteiger charge is -2.37. The monoisotopic (exact) mass is 274 g/mol. The number of likely N-dealkylation sites (N-methyl/N-ethyl adjacent to an activating group) is 1. The van der Waals surface area contributed by atoms with E-state index >= 15 is 0 Å². The van der Waals surface area contributed by atoms with E-state index in [9.17, 15) is 4.79 Å². The predicted octanol–water partition coefficient (Wildman–Crippen LogP) is 1.76. The zero-order valence-electron chi connectivity index (χ0n) is 12.1. The van der Waals surface area contributed by atoms with Gasteiger partial charge in [0.1, 0.15) is 5.75 Å². The molecule has 1 aliphatic heterocycles. The number of nitrogens with zero attached hydrogens (tertiary/aromatic N) is 1. The van der Waals surface area contributed by atoms with Crippen molar-refractivity contribution in [3.05, 3.63) is 29.8 Å². The van der Waals surface area contributed by atoms with Gasteiger partial charge in [0.05, 0.1) is 13.2 Å². The Kier molecular flexibility index (Phi) is 3.66. The average Bonchev–Trinajstić information content (AvgIpc) is 2.74. The Morgan fingerprint density at radius 1 is 1.25 bits per heavy atom. The van der Waals surface area contributed by atoms with Crippen LogP contribution in [-0.4, -0.2) is 43.6 Å². The average molecular weight is 274 g/mol. The van der Waals surface area contributed by atoms with Crippen molar-refractivity contribution < 1.29 is 9.53 Å². The fourth-order valence-electron chi connectivity index (χ4n) is 3.16. The highest BCUT2D eigenvalue weighted by Crippen LogP contribution is 2.37. The van der Waals surface area contributed by atoms with Crippen LogP contribution in [0.3, 0.4) is 0 Å². The largest absolute Gasteiger partial charge is 0.497 e. The summed E-state index contributed by atoms with van der Waals surface area (Å²) in [6, 6.07) is 8.86. The summed E-state index contributed by atoms with van der Waals surface area (Å²) in [7, 11) is 3.57. The molecule has 1 amide bonds. The van der Waals surface area contributed by atoms with E-state index in [0.717, 1.165) is 31.6 Å². The Morgan fingerprint density at radius 2 is 1.95 bits per heavy atom. The molecule has 2 fully saturated rings. The van der Waals surface area contributed by atoms with Gasteiger partial charge in [0.2, 0.25) is 5.91 Å². The van der Waals surface area contributed by atoms with Crippen LogP contribution in [0.25, 0.3) is 0 Å². The van der Waals surface area contributed by atoms with E-state index in [1.165, 1.54) is 5.56 Å². The molecule has 4 heteroatoms. The van der Waals surface area contributed by atoms with Crippen LogP contribution in [0.5, 0.6) is 5.75 Å². The third-order valence-electron chi connectivity index (χ3n) is 4.59. The fraction of sp³-hybridized carbons (Fsp3) is 0.562. The van der Waals surface area contributed by atoms with Crippen molar-refractivity contribution in [1.29, 1.82) is 0 Å². The van der Waals surface area contributed by atoms with E-state index < -0.39 is 0 Å². The molecule has 108 valence electrons. The van der Waals surface area contributed by atoms with Crippen molar-refractivity contribution in [2.75, 3.05) is 20.7 Å². The van der Waals surface area contributed by atoms with E-state index in [1.54, 1.807) is 7.11 Å². The standard InChI is InChI=1S/C16H22N2O2/c1-18-8-7-15(16(18)19)17-13-9-12(10-13)11-3-5-14(20-2)6-4-11/h3-6,12-13,15,17H,7-10H2,1-2H3. The first-order valence-electron chi connectivity index (χ1n) is 7.32. The molecule has 0 bridgehead atoms. The third kappa shape index (κ3) is 2.52. The molecule has 1 heterocycles. The maximum absolute atomic E-state index is 11.9. The molecule has 20 heavy (non-hydrogen) atoms. The van der Waals surface area contributed by atoms with Crippen molar-refractivity contribution in [3.63, 3.8) is 0 Å². The van der Waals surface area contributed by atoms with Crippen LogP contribution in [0.4, 0.5) is 0 Å². The molecule has 3 rings (SSSR count). The maximum atomic E-state index is 11.9. The summed E-state index contributed by atoms with van der Waals surface area (Å²) >= 11 is 0. The second-order valence-electron chi connectivity index (χ2n) is 5.91. The number of benzene rings is 1. The Labute approximate surface area is 120 Å². The number of carbonyl (C=O) groups excluding carboxylic acids is 1. The van der Waals surface area contributed by atoms with E-state index in [-0.39, 0.29) is 11.9 Å². The summed E-state index contributed by atoms with van der Waals surface area (Å²) in [4.78, 5) is 13.7. The van der Waals surface area contributed by atoms with Crippen LogP contribution >= 0.6 is 0 Å². The Bertz CT molecular complexity index is 480.